The number of hydrogen-bond donors (Lipinski definition) is 0. The van der Waals surface area contributed by atoms with E-state index in [2.05, 4.69) is 33.9 Å². The van der Waals surface area contributed by atoms with Gasteiger partial charge in [0.05, 0.1) is 6.04 Å². The minimum absolute atomic E-state index is 0.136. The topological polar surface area (TPSA) is 68.2 Å². The summed E-state index contributed by atoms with van der Waals surface area (Å²) < 4.78 is 11.4. The summed E-state index contributed by atoms with van der Waals surface area (Å²) in [5, 5.41) is 4.75. The van der Waals surface area contributed by atoms with Crippen molar-refractivity contribution >= 4 is 22.7 Å². The standard InChI is InChI=1S/C19H23ClN4O2/c1-3-4-17-22-18(26-23-17)12(2)24-9-7-13(8-10-24)19-21-15-11-14(20)5-6-16(15)25-19/h5-6,11-13H,3-4,7-10H2,1-2H3/t12-/m1/s1. The number of aromatic nitrogens is 3. The molecule has 1 fully saturated rings. The Labute approximate surface area is 157 Å². The molecule has 1 aromatic carbocycles. The molecule has 1 aliphatic heterocycles. The van der Waals surface area contributed by atoms with E-state index in [1.165, 1.54) is 0 Å². The highest BCUT2D eigenvalue weighted by Crippen LogP contribution is 2.33. The predicted molar refractivity (Wildman–Crippen MR) is 99.3 cm³/mol. The first-order valence-electron chi connectivity index (χ1n) is 9.26. The maximum atomic E-state index is 6.04. The van der Waals surface area contributed by atoms with Gasteiger partial charge in [-0.05, 0) is 57.5 Å². The molecule has 0 spiro atoms. The molecule has 3 aromatic rings. The molecule has 2 aromatic heterocycles. The Kier molecular flexibility index (Phi) is 4.96. The Morgan fingerprint density at radius 1 is 1.27 bits per heavy atom. The van der Waals surface area contributed by atoms with Gasteiger partial charge in [0, 0.05) is 17.4 Å². The number of nitrogens with zero attached hydrogens (tertiary/aromatic N) is 4. The second kappa shape index (κ2) is 7.37. The number of oxazole rings is 1. The number of rotatable bonds is 5. The van der Waals surface area contributed by atoms with Crippen molar-refractivity contribution in [3.8, 4) is 0 Å². The van der Waals surface area contributed by atoms with Crippen molar-refractivity contribution < 1.29 is 8.94 Å². The molecule has 138 valence electrons. The third-order valence-electron chi connectivity index (χ3n) is 5.11. The number of fused-ring (bicyclic) bond motifs is 1. The number of piperidine rings is 1. The van der Waals surface area contributed by atoms with Crippen molar-refractivity contribution in [2.45, 2.75) is 51.5 Å². The molecule has 26 heavy (non-hydrogen) atoms. The maximum Gasteiger partial charge on any atom is 0.243 e. The molecule has 0 unspecified atom stereocenters. The van der Waals surface area contributed by atoms with E-state index in [9.17, 15) is 0 Å². The molecule has 6 nitrogen and oxygen atoms in total. The third-order valence-corrected chi connectivity index (χ3v) is 5.34. The van der Waals surface area contributed by atoms with Crippen molar-refractivity contribution in [1.29, 1.82) is 0 Å². The number of halogens is 1. The number of aryl methyl sites for hydroxylation is 1. The van der Waals surface area contributed by atoms with Gasteiger partial charge in [0.1, 0.15) is 5.52 Å². The van der Waals surface area contributed by atoms with E-state index in [4.69, 9.17) is 20.5 Å². The molecule has 0 N–H and O–H groups in total. The fourth-order valence-corrected chi connectivity index (χ4v) is 3.71. The molecule has 0 radical (unpaired) electrons. The Morgan fingerprint density at radius 2 is 2.08 bits per heavy atom. The van der Waals surface area contributed by atoms with Crippen LogP contribution in [-0.2, 0) is 6.42 Å². The highest BCUT2D eigenvalue weighted by Gasteiger charge is 2.29. The van der Waals surface area contributed by atoms with Gasteiger partial charge in [0.25, 0.3) is 0 Å². The summed E-state index contributed by atoms with van der Waals surface area (Å²) in [7, 11) is 0. The SMILES string of the molecule is CCCc1noc([C@@H](C)N2CCC(c3nc4cc(Cl)ccc4o3)CC2)n1. The zero-order chi connectivity index (χ0) is 18.1. The van der Waals surface area contributed by atoms with Crippen molar-refractivity contribution in [1.82, 2.24) is 20.0 Å². The molecule has 0 bridgehead atoms. The van der Waals surface area contributed by atoms with Crippen LogP contribution in [-0.4, -0.2) is 33.1 Å². The lowest BCUT2D eigenvalue weighted by molar-refractivity contribution is 0.131. The largest absolute Gasteiger partial charge is 0.440 e. The molecule has 0 aliphatic carbocycles. The van der Waals surface area contributed by atoms with E-state index in [1.807, 2.05) is 18.2 Å². The summed E-state index contributed by atoms with van der Waals surface area (Å²) in [5.41, 5.74) is 1.63. The van der Waals surface area contributed by atoms with Crippen molar-refractivity contribution in [2.75, 3.05) is 13.1 Å². The van der Waals surface area contributed by atoms with Gasteiger partial charge in [0.15, 0.2) is 17.3 Å². The maximum absolute atomic E-state index is 6.04. The van der Waals surface area contributed by atoms with Gasteiger partial charge in [-0.3, -0.25) is 4.90 Å². The van der Waals surface area contributed by atoms with E-state index < -0.39 is 0 Å². The monoisotopic (exact) mass is 374 g/mol. The van der Waals surface area contributed by atoms with Crippen LogP contribution in [0.2, 0.25) is 5.02 Å². The lowest BCUT2D eigenvalue weighted by atomic mass is 9.96. The molecule has 0 amide bonds. The molecule has 1 atom stereocenters. The van der Waals surface area contributed by atoms with Gasteiger partial charge in [-0.1, -0.05) is 23.7 Å². The molecule has 7 heteroatoms. The van der Waals surface area contributed by atoms with Gasteiger partial charge in [-0.15, -0.1) is 0 Å². The second-order valence-electron chi connectivity index (χ2n) is 6.95. The van der Waals surface area contributed by atoms with E-state index >= 15 is 0 Å². The first-order valence-corrected chi connectivity index (χ1v) is 9.64. The highest BCUT2D eigenvalue weighted by molar-refractivity contribution is 6.31. The normalized spacial score (nSPS) is 17.8. The molecular formula is C19H23ClN4O2. The first kappa shape index (κ1) is 17.5. The van der Waals surface area contributed by atoms with Gasteiger partial charge in [-0.2, -0.15) is 4.98 Å². The Balaban J connectivity index is 1.41. The van der Waals surface area contributed by atoms with Crippen molar-refractivity contribution in [3.05, 3.63) is 40.8 Å². The third kappa shape index (κ3) is 3.48. The van der Waals surface area contributed by atoms with Crippen LogP contribution in [0.5, 0.6) is 0 Å². The second-order valence-corrected chi connectivity index (χ2v) is 7.39. The quantitative estimate of drug-likeness (QED) is 0.641. The summed E-state index contributed by atoms with van der Waals surface area (Å²) in [5.74, 6) is 2.67. The Morgan fingerprint density at radius 3 is 2.85 bits per heavy atom. The number of likely N-dealkylation sites (tertiary alicyclic amines) is 1. The summed E-state index contributed by atoms with van der Waals surface area (Å²) in [6, 6.07) is 5.70. The summed E-state index contributed by atoms with van der Waals surface area (Å²) in [4.78, 5) is 11.6. The van der Waals surface area contributed by atoms with Gasteiger partial charge in [0.2, 0.25) is 5.89 Å². The number of hydrogen-bond acceptors (Lipinski definition) is 6. The fourth-order valence-electron chi connectivity index (χ4n) is 3.55. The lowest BCUT2D eigenvalue weighted by Crippen LogP contribution is -2.35. The van der Waals surface area contributed by atoms with Crippen LogP contribution >= 0.6 is 11.6 Å². The van der Waals surface area contributed by atoms with E-state index in [1.54, 1.807) is 0 Å². The van der Waals surface area contributed by atoms with Crippen molar-refractivity contribution in [3.63, 3.8) is 0 Å². The summed E-state index contributed by atoms with van der Waals surface area (Å²) in [6.45, 7) is 6.16. The van der Waals surface area contributed by atoms with Crippen molar-refractivity contribution in [2.24, 2.45) is 0 Å². The van der Waals surface area contributed by atoms with Gasteiger partial charge in [-0.25, -0.2) is 4.98 Å². The zero-order valence-electron chi connectivity index (χ0n) is 15.1. The average Bonchev–Trinajstić information content (AvgIpc) is 3.28. The van der Waals surface area contributed by atoms with Crippen LogP contribution in [0.15, 0.2) is 27.1 Å². The predicted octanol–water partition coefficient (Wildman–Crippen LogP) is 4.76. The average molecular weight is 375 g/mol. The summed E-state index contributed by atoms with van der Waals surface area (Å²) in [6.07, 6.45) is 3.89. The van der Waals surface area contributed by atoms with Crippen LogP contribution < -0.4 is 0 Å². The van der Waals surface area contributed by atoms with Gasteiger partial charge >= 0.3 is 0 Å². The van der Waals surface area contributed by atoms with E-state index in [-0.39, 0.29) is 6.04 Å². The van der Waals surface area contributed by atoms with E-state index in [0.29, 0.717) is 16.8 Å². The van der Waals surface area contributed by atoms with Gasteiger partial charge < -0.3 is 8.94 Å². The molecular weight excluding hydrogens is 352 g/mol. The summed E-state index contributed by atoms with van der Waals surface area (Å²) >= 11 is 6.04. The minimum Gasteiger partial charge on any atom is -0.440 e. The van der Waals surface area contributed by atoms with Crippen LogP contribution in [0.1, 0.15) is 62.7 Å². The zero-order valence-corrected chi connectivity index (χ0v) is 15.9. The Bertz CT molecular complexity index is 883. The fraction of sp³-hybridized carbons (Fsp3) is 0.526. The molecule has 1 aliphatic rings. The smallest absolute Gasteiger partial charge is 0.243 e. The minimum atomic E-state index is 0.136. The first-order chi connectivity index (χ1) is 12.6. The van der Waals surface area contributed by atoms with Crippen LogP contribution in [0.25, 0.3) is 11.1 Å². The lowest BCUT2D eigenvalue weighted by Gasteiger charge is -2.33. The molecule has 0 saturated carbocycles. The van der Waals surface area contributed by atoms with Crippen LogP contribution in [0.3, 0.4) is 0 Å². The van der Waals surface area contributed by atoms with Crippen LogP contribution in [0, 0.1) is 0 Å². The molecule has 1 saturated heterocycles. The number of benzene rings is 1. The Hall–Kier alpha value is -1.92. The molecule has 3 heterocycles. The molecule has 4 rings (SSSR count). The van der Waals surface area contributed by atoms with Crippen LogP contribution in [0.4, 0.5) is 0 Å². The highest BCUT2D eigenvalue weighted by atomic mass is 35.5. The van der Waals surface area contributed by atoms with E-state index in [0.717, 1.165) is 61.6 Å².